The van der Waals surface area contributed by atoms with Crippen molar-refractivity contribution >= 4 is 23.5 Å². The van der Waals surface area contributed by atoms with Gasteiger partial charge in [0.2, 0.25) is 12.7 Å². The molecule has 2 aliphatic heterocycles. The van der Waals surface area contributed by atoms with Gasteiger partial charge in [-0.2, -0.15) is 0 Å². The number of ether oxygens (including phenoxy) is 2. The molecule has 2 aromatic carbocycles. The molecule has 1 fully saturated rings. The maximum atomic E-state index is 13.0. The molecule has 0 spiro atoms. The molecule has 2 heterocycles. The van der Waals surface area contributed by atoms with Gasteiger partial charge in [-0.15, -0.1) is 0 Å². The van der Waals surface area contributed by atoms with Crippen LogP contribution >= 0.6 is 0 Å². The number of benzene rings is 2. The topological polar surface area (TPSA) is 97.0 Å². The van der Waals surface area contributed by atoms with E-state index in [-0.39, 0.29) is 13.3 Å². The first-order valence-corrected chi connectivity index (χ1v) is 9.19. The predicted molar refractivity (Wildman–Crippen MR) is 105 cm³/mol. The third-order valence-corrected chi connectivity index (χ3v) is 5.32. The second-order valence-electron chi connectivity index (χ2n) is 7.36. The van der Waals surface area contributed by atoms with Crippen LogP contribution in [-0.4, -0.2) is 36.1 Å². The number of aryl methyl sites for hydroxylation is 2. The predicted octanol–water partition coefficient (Wildman–Crippen LogP) is 2.44. The Morgan fingerprint density at radius 3 is 2.62 bits per heavy atom. The largest absolute Gasteiger partial charge is 0.454 e. The van der Waals surface area contributed by atoms with Crippen LogP contribution in [0.4, 0.5) is 10.5 Å². The molecule has 2 aliphatic rings. The van der Waals surface area contributed by atoms with Gasteiger partial charge in [0.25, 0.3) is 5.91 Å². The number of hydrogen-bond donors (Lipinski definition) is 2. The van der Waals surface area contributed by atoms with Crippen LogP contribution in [0.2, 0.25) is 0 Å². The van der Waals surface area contributed by atoms with Crippen molar-refractivity contribution in [2.45, 2.75) is 26.3 Å². The van der Waals surface area contributed by atoms with E-state index in [0.29, 0.717) is 22.7 Å². The highest BCUT2D eigenvalue weighted by Crippen LogP contribution is 2.37. The Hall–Kier alpha value is -3.55. The zero-order valence-electron chi connectivity index (χ0n) is 16.4. The summed E-state index contributed by atoms with van der Waals surface area (Å²) >= 11 is 0. The number of anilines is 1. The molecule has 0 unspecified atom stereocenters. The fourth-order valence-corrected chi connectivity index (χ4v) is 3.41. The molecular weight excluding hydrogens is 374 g/mol. The van der Waals surface area contributed by atoms with Crippen molar-refractivity contribution in [1.82, 2.24) is 10.2 Å². The van der Waals surface area contributed by atoms with Crippen LogP contribution < -0.4 is 20.1 Å². The van der Waals surface area contributed by atoms with Crippen molar-refractivity contribution in [2.75, 3.05) is 18.7 Å². The number of fused-ring (bicyclic) bond motifs is 1. The van der Waals surface area contributed by atoms with Crippen LogP contribution in [-0.2, 0) is 15.1 Å². The quantitative estimate of drug-likeness (QED) is 0.775. The Balaban J connectivity index is 1.50. The van der Waals surface area contributed by atoms with E-state index in [2.05, 4.69) is 10.6 Å². The standard InChI is InChI=1S/C21H21N3O5/c1-12-4-6-15(8-13(12)2)22-18(25)10-24-19(26)21(3,23-20(24)27)14-5-7-16-17(9-14)29-11-28-16/h4-9H,10-11H2,1-3H3,(H,22,25)(H,23,27)/t21-/m1/s1. The summed E-state index contributed by atoms with van der Waals surface area (Å²) in [5.74, 6) is 0.138. The molecule has 0 radical (unpaired) electrons. The van der Waals surface area contributed by atoms with Crippen LogP contribution in [0.25, 0.3) is 0 Å². The summed E-state index contributed by atoms with van der Waals surface area (Å²) in [6.07, 6.45) is 0. The minimum absolute atomic E-state index is 0.112. The zero-order valence-corrected chi connectivity index (χ0v) is 16.4. The third-order valence-electron chi connectivity index (χ3n) is 5.32. The van der Waals surface area contributed by atoms with Crippen LogP contribution in [0.5, 0.6) is 11.5 Å². The normalized spacial score (nSPS) is 20.0. The van der Waals surface area contributed by atoms with Crippen molar-refractivity contribution in [3.63, 3.8) is 0 Å². The first kappa shape index (κ1) is 18.8. The second kappa shape index (κ2) is 6.80. The first-order valence-electron chi connectivity index (χ1n) is 9.19. The molecule has 2 aromatic rings. The summed E-state index contributed by atoms with van der Waals surface area (Å²) < 4.78 is 10.6. The number of nitrogens with zero attached hydrogens (tertiary/aromatic N) is 1. The van der Waals surface area contributed by atoms with Gasteiger partial charge in [0.15, 0.2) is 11.5 Å². The number of nitrogens with one attached hydrogen (secondary N) is 2. The van der Waals surface area contributed by atoms with E-state index in [0.717, 1.165) is 16.0 Å². The highest BCUT2D eigenvalue weighted by atomic mass is 16.7. The van der Waals surface area contributed by atoms with Crippen LogP contribution in [0.3, 0.4) is 0 Å². The average Bonchev–Trinajstić information content (AvgIpc) is 3.23. The molecular formula is C21H21N3O5. The van der Waals surface area contributed by atoms with Crippen LogP contribution in [0, 0.1) is 13.8 Å². The van der Waals surface area contributed by atoms with Crippen molar-refractivity contribution in [1.29, 1.82) is 0 Å². The Morgan fingerprint density at radius 2 is 1.86 bits per heavy atom. The Labute approximate surface area is 167 Å². The fraction of sp³-hybridized carbons (Fsp3) is 0.286. The lowest BCUT2D eigenvalue weighted by Crippen LogP contribution is -2.42. The van der Waals surface area contributed by atoms with Gasteiger partial charge in [-0.1, -0.05) is 12.1 Å². The number of urea groups is 1. The third kappa shape index (κ3) is 3.26. The average molecular weight is 395 g/mol. The Morgan fingerprint density at radius 1 is 1.10 bits per heavy atom. The van der Waals surface area contributed by atoms with Gasteiger partial charge in [0.05, 0.1) is 0 Å². The molecule has 1 atom stereocenters. The summed E-state index contributed by atoms with van der Waals surface area (Å²) in [5, 5.41) is 5.41. The SMILES string of the molecule is Cc1ccc(NC(=O)CN2C(=O)N[C@](C)(c3ccc4c(c3)OCO4)C2=O)cc1C. The lowest BCUT2D eigenvalue weighted by atomic mass is 9.91. The molecule has 8 nitrogen and oxygen atoms in total. The van der Waals surface area contributed by atoms with Gasteiger partial charge in [0, 0.05) is 5.69 Å². The molecule has 29 heavy (non-hydrogen) atoms. The van der Waals surface area contributed by atoms with E-state index in [1.807, 2.05) is 26.0 Å². The molecule has 4 amide bonds. The number of hydrogen-bond acceptors (Lipinski definition) is 5. The molecule has 150 valence electrons. The summed E-state index contributed by atoms with van der Waals surface area (Å²) in [6, 6.07) is 9.96. The lowest BCUT2D eigenvalue weighted by molar-refractivity contribution is -0.133. The minimum atomic E-state index is -1.29. The first-order chi connectivity index (χ1) is 13.8. The maximum absolute atomic E-state index is 13.0. The van der Waals surface area contributed by atoms with E-state index < -0.39 is 23.4 Å². The fourth-order valence-electron chi connectivity index (χ4n) is 3.41. The van der Waals surface area contributed by atoms with Gasteiger partial charge < -0.3 is 20.1 Å². The molecule has 0 aromatic heterocycles. The van der Waals surface area contributed by atoms with E-state index in [9.17, 15) is 14.4 Å². The molecule has 0 saturated carbocycles. The van der Waals surface area contributed by atoms with Gasteiger partial charge in [-0.05, 0) is 61.7 Å². The van der Waals surface area contributed by atoms with Gasteiger partial charge >= 0.3 is 6.03 Å². The molecule has 4 rings (SSSR count). The molecule has 8 heteroatoms. The van der Waals surface area contributed by atoms with E-state index >= 15 is 0 Å². The molecule has 0 bridgehead atoms. The number of imide groups is 1. The lowest BCUT2D eigenvalue weighted by Gasteiger charge is -2.22. The van der Waals surface area contributed by atoms with Crippen molar-refractivity contribution in [3.8, 4) is 11.5 Å². The molecule has 1 saturated heterocycles. The number of rotatable bonds is 4. The van der Waals surface area contributed by atoms with E-state index in [1.54, 1.807) is 31.2 Å². The number of amides is 4. The van der Waals surface area contributed by atoms with Crippen molar-refractivity contribution < 1.29 is 23.9 Å². The number of carbonyl (C=O) groups excluding carboxylic acids is 3. The monoisotopic (exact) mass is 395 g/mol. The minimum Gasteiger partial charge on any atom is -0.454 e. The van der Waals surface area contributed by atoms with E-state index in [4.69, 9.17) is 9.47 Å². The summed E-state index contributed by atoms with van der Waals surface area (Å²) in [6.45, 7) is 5.26. The number of carbonyl (C=O) groups is 3. The highest BCUT2D eigenvalue weighted by molar-refractivity contribution is 6.10. The van der Waals surface area contributed by atoms with Gasteiger partial charge in [-0.25, -0.2) is 4.79 Å². The smallest absolute Gasteiger partial charge is 0.325 e. The van der Waals surface area contributed by atoms with Crippen molar-refractivity contribution in [2.24, 2.45) is 0 Å². The molecule has 0 aliphatic carbocycles. The van der Waals surface area contributed by atoms with Crippen molar-refractivity contribution in [3.05, 3.63) is 53.1 Å². The van der Waals surface area contributed by atoms with Crippen LogP contribution in [0.1, 0.15) is 23.6 Å². The summed E-state index contributed by atoms with van der Waals surface area (Å²) in [4.78, 5) is 38.8. The maximum Gasteiger partial charge on any atom is 0.325 e. The zero-order chi connectivity index (χ0) is 20.8. The van der Waals surface area contributed by atoms with Gasteiger partial charge in [-0.3, -0.25) is 14.5 Å². The van der Waals surface area contributed by atoms with E-state index in [1.165, 1.54) is 0 Å². The summed E-state index contributed by atoms with van der Waals surface area (Å²) in [7, 11) is 0. The van der Waals surface area contributed by atoms with Gasteiger partial charge in [0.1, 0.15) is 12.1 Å². The Kier molecular flexibility index (Phi) is 4.41. The Bertz CT molecular complexity index is 1030. The second-order valence-corrected chi connectivity index (χ2v) is 7.36. The highest BCUT2D eigenvalue weighted by Gasteiger charge is 2.49. The summed E-state index contributed by atoms with van der Waals surface area (Å²) in [5.41, 5.74) is 2.02. The molecule has 2 N–H and O–H groups in total. The van der Waals surface area contributed by atoms with Crippen LogP contribution in [0.15, 0.2) is 36.4 Å².